The van der Waals surface area contributed by atoms with Gasteiger partial charge in [0.2, 0.25) is 0 Å². The largest absolute Gasteiger partial charge is 0.344 e. The second-order valence-electron chi connectivity index (χ2n) is 6.36. The lowest BCUT2D eigenvalue weighted by Gasteiger charge is -2.07. The van der Waals surface area contributed by atoms with Crippen LogP contribution in [-0.4, -0.2) is 39.6 Å². The normalized spacial score (nSPS) is 11.4. The third-order valence-corrected chi connectivity index (χ3v) is 6.35. The minimum absolute atomic E-state index is 0.123. The molecule has 1 aromatic heterocycles. The lowest BCUT2D eigenvalue weighted by molar-refractivity contribution is 0.0832. The van der Waals surface area contributed by atoms with E-state index in [1.807, 2.05) is 0 Å². The Bertz CT molecular complexity index is 1080. The van der Waals surface area contributed by atoms with Gasteiger partial charge in [-0.1, -0.05) is 24.3 Å². The van der Waals surface area contributed by atoms with Gasteiger partial charge in [0.15, 0.2) is 9.84 Å². The van der Waals surface area contributed by atoms with Crippen LogP contribution in [0.3, 0.4) is 0 Å². The Balaban J connectivity index is 2.15. The zero-order chi connectivity index (χ0) is 19.8. The number of sulfone groups is 1. The Hall–Kier alpha value is -2.51. The van der Waals surface area contributed by atoms with E-state index in [1.54, 1.807) is 56.6 Å². The SMILES string of the molecule is CN(C)C(=O)c1cc(-c2ccc(S(C)(=O)=O)cc2)c(-c2ccc(F)cc2)s1. The summed E-state index contributed by atoms with van der Waals surface area (Å²) in [5.41, 5.74) is 2.38. The quantitative estimate of drug-likeness (QED) is 0.652. The molecule has 4 nitrogen and oxygen atoms in total. The van der Waals surface area contributed by atoms with Crippen molar-refractivity contribution in [1.82, 2.24) is 4.90 Å². The molecule has 2 aromatic carbocycles. The molecule has 0 radical (unpaired) electrons. The minimum Gasteiger partial charge on any atom is -0.344 e. The Labute approximate surface area is 161 Å². The number of hydrogen-bond donors (Lipinski definition) is 0. The van der Waals surface area contributed by atoms with E-state index in [0.717, 1.165) is 27.8 Å². The molecule has 0 aliphatic heterocycles. The van der Waals surface area contributed by atoms with Crippen LogP contribution in [0, 0.1) is 5.82 Å². The van der Waals surface area contributed by atoms with Crippen LogP contribution in [-0.2, 0) is 9.84 Å². The zero-order valence-corrected chi connectivity index (χ0v) is 16.7. The van der Waals surface area contributed by atoms with Gasteiger partial charge in [-0.2, -0.15) is 0 Å². The lowest BCUT2D eigenvalue weighted by atomic mass is 10.0. The number of carbonyl (C=O) groups is 1. The molecular weight excluding hydrogens is 385 g/mol. The van der Waals surface area contributed by atoms with Gasteiger partial charge in [0.25, 0.3) is 5.91 Å². The van der Waals surface area contributed by atoms with Gasteiger partial charge in [0, 0.05) is 30.8 Å². The highest BCUT2D eigenvalue weighted by atomic mass is 32.2. The Kier molecular flexibility index (Phi) is 5.17. The topological polar surface area (TPSA) is 54.5 Å². The maximum absolute atomic E-state index is 13.3. The van der Waals surface area contributed by atoms with E-state index in [1.165, 1.54) is 28.4 Å². The fourth-order valence-corrected chi connectivity index (χ4v) is 4.47. The zero-order valence-electron chi connectivity index (χ0n) is 15.1. The Morgan fingerprint density at radius 1 is 0.963 bits per heavy atom. The van der Waals surface area contributed by atoms with E-state index in [0.29, 0.717) is 4.88 Å². The third kappa shape index (κ3) is 4.09. The van der Waals surface area contributed by atoms with Crippen LogP contribution in [0.15, 0.2) is 59.5 Å². The average molecular weight is 404 g/mol. The highest BCUT2D eigenvalue weighted by Gasteiger charge is 2.19. The Morgan fingerprint density at radius 2 is 1.52 bits per heavy atom. The van der Waals surface area contributed by atoms with Crippen LogP contribution < -0.4 is 0 Å². The van der Waals surface area contributed by atoms with Gasteiger partial charge in [0.05, 0.1) is 9.77 Å². The first kappa shape index (κ1) is 19.3. The van der Waals surface area contributed by atoms with Crippen molar-refractivity contribution in [3.63, 3.8) is 0 Å². The van der Waals surface area contributed by atoms with Crippen LogP contribution >= 0.6 is 11.3 Å². The molecule has 0 N–H and O–H groups in total. The molecule has 0 fully saturated rings. The van der Waals surface area contributed by atoms with Crippen molar-refractivity contribution in [1.29, 1.82) is 0 Å². The van der Waals surface area contributed by atoms with E-state index >= 15 is 0 Å². The average Bonchev–Trinajstić information content (AvgIpc) is 3.06. The van der Waals surface area contributed by atoms with E-state index in [2.05, 4.69) is 0 Å². The van der Waals surface area contributed by atoms with E-state index in [4.69, 9.17) is 0 Å². The first-order valence-electron chi connectivity index (χ1n) is 8.09. The first-order valence-corrected chi connectivity index (χ1v) is 10.8. The van der Waals surface area contributed by atoms with Crippen LogP contribution in [0.5, 0.6) is 0 Å². The number of thiophene rings is 1. The molecule has 0 unspecified atom stereocenters. The molecule has 3 aromatic rings. The summed E-state index contributed by atoms with van der Waals surface area (Å²) in [7, 11) is 0.0734. The van der Waals surface area contributed by atoms with Crippen molar-refractivity contribution >= 4 is 27.1 Å². The summed E-state index contributed by atoms with van der Waals surface area (Å²) < 4.78 is 36.7. The van der Waals surface area contributed by atoms with Crippen LogP contribution in [0.1, 0.15) is 9.67 Å². The van der Waals surface area contributed by atoms with Gasteiger partial charge in [0.1, 0.15) is 5.82 Å². The Morgan fingerprint density at radius 3 is 2.04 bits per heavy atom. The van der Waals surface area contributed by atoms with Crippen LogP contribution in [0.25, 0.3) is 21.6 Å². The fourth-order valence-electron chi connectivity index (χ4n) is 2.63. The molecule has 7 heteroatoms. The summed E-state index contributed by atoms with van der Waals surface area (Å²) in [4.78, 5) is 15.5. The van der Waals surface area contributed by atoms with E-state index in [-0.39, 0.29) is 16.6 Å². The molecule has 0 bridgehead atoms. The predicted molar refractivity (Wildman–Crippen MR) is 106 cm³/mol. The molecule has 0 spiro atoms. The lowest BCUT2D eigenvalue weighted by Crippen LogP contribution is -2.20. The van der Waals surface area contributed by atoms with Crippen LogP contribution in [0.4, 0.5) is 4.39 Å². The summed E-state index contributed by atoms with van der Waals surface area (Å²) in [6, 6.07) is 14.4. The number of halogens is 1. The molecule has 140 valence electrons. The van der Waals surface area contributed by atoms with Gasteiger partial charge in [-0.25, -0.2) is 12.8 Å². The molecular formula is C20H18FNO3S2. The molecule has 1 heterocycles. The number of nitrogens with zero attached hydrogens (tertiary/aromatic N) is 1. The van der Waals surface area contributed by atoms with Crippen molar-refractivity contribution in [2.75, 3.05) is 20.4 Å². The second-order valence-corrected chi connectivity index (χ2v) is 9.42. The first-order chi connectivity index (χ1) is 12.7. The molecule has 0 atom stereocenters. The summed E-state index contributed by atoms with van der Waals surface area (Å²) in [6.45, 7) is 0. The highest BCUT2D eigenvalue weighted by Crippen LogP contribution is 2.40. The summed E-state index contributed by atoms with van der Waals surface area (Å²) in [5.74, 6) is -0.457. The maximum Gasteiger partial charge on any atom is 0.263 e. The minimum atomic E-state index is -3.29. The number of rotatable bonds is 4. The third-order valence-electron chi connectivity index (χ3n) is 4.05. The fraction of sp³-hybridized carbons (Fsp3) is 0.150. The second kappa shape index (κ2) is 7.25. The van der Waals surface area contributed by atoms with Gasteiger partial charge in [-0.3, -0.25) is 4.79 Å². The summed E-state index contributed by atoms with van der Waals surface area (Å²) >= 11 is 1.33. The van der Waals surface area contributed by atoms with Gasteiger partial charge >= 0.3 is 0 Å². The number of amides is 1. The van der Waals surface area contributed by atoms with Crippen molar-refractivity contribution in [2.24, 2.45) is 0 Å². The van der Waals surface area contributed by atoms with Crippen molar-refractivity contribution in [2.45, 2.75) is 4.90 Å². The van der Waals surface area contributed by atoms with Gasteiger partial charge in [-0.05, 0) is 41.5 Å². The maximum atomic E-state index is 13.3. The van der Waals surface area contributed by atoms with Gasteiger partial charge < -0.3 is 4.90 Å². The number of benzene rings is 2. The molecule has 0 aliphatic rings. The molecule has 0 aliphatic carbocycles. The number of carbonyl (C=O) groups excluding carboxylic acids is 1. The standard InChI is InChI=1S/C20H18FNO3S2/c1-22(2)20(23)18-12-17(13-6-10-16(11-7-13)27(3,24)25)19(26-18)14-4-8-15(21)9-5-14/h4-12H,1-3H3. The van der Waals surface area contributed by atoms with Crippen molar-refractivity contribution < 1.29 is 17.6 Å². The van der Waals surface area contributed by atoms with Gasteiger partial charge in [-0.15, -0.1) is 11.3 Å². The molecule has 3 rings (SSSR count). The molecule has 0 saturated carbocycles. The highest BCUT2D eigenvalue weighted by molar-refractivity contribution is 7.90. The number of hydrogen-bond acceptors (Lipinski definition) is 4. The van der Waals surface area contributed by atoms with Crippen molar-refractivity contribution in [3.05, 3.63) is 65.3 Å². The predicted octanol–water partition coefficient (Wildman–Crippen LogP) is 4.33. The van der Waals surface area contributed by atoms with E-state index in [9.17, 15) is 17.6 Å². The molecule has 0 saturated heterocycles. The molecule has 1 amide bonds. The summed E-state index contributed by atoms with van der Waals surface area (Å²) in [5, 5.41) is 0. The van der Waals surface area contributed by atoms with Crippen LogP contribution in [0.2, 0.25) is 0 Å². The summed E-state index contributed by atoms with van der Waals surface area (Å²) in [6.07, 6.45) is 1.16. The molecule has 27 heavy (non-hydrogen) atoms. The van der Waals surface area contributed by atoms with Crippen molar-refractivity contribution in [3.8, 4) is 21.6 Å². The smallest absolute Gasteiger partial charge is 0.263 e. The monoisotopic (exact) mass is 403 g/mol. The van der Waals surface area contributed by atoms with E-state index < -0.39 is 9.84 Å².